The molecule has 1 amide bonds. The van der Waals surface area contributed by atoms with Crippen molar-refractivity contribution >= 4 is 34.6 Å². The van der Waals surface area contributed by atoms with Gasteiger partial charge in [0.05, 0.1) is 42.4 Å². The summed E-state index contributed by atoms with van der Waals surface area (Å²) in [5, 5.41) is 7.71. The number of benzene rings is 2. The van der Waals surface area contributed by atoms with Crippen molar-refractivity contribution in [2.45, 2.75) is 31.5 Å². The zero-order valence-electron chi connectivity index (χ0n) is 25.0. The number of alkyl halides is 3. The predicted octanol–water partition coefficient (Wildman–Crippen LogP) is 5.79. The number of halogens is 3. The van der Waals surface area contributed by atoms with Crippen molar-refractivity contribution in [3.8, 4) is 5.75 Å². The summed E-state index contributed by atoms with van der Waals surface area (Å²) >= 11 is 0. The molecule has 1 saturated carbocycles. The molecule has 0 bridgehead atoms. The minimum atomic E-state index is -4.45. The normalized spacial score (nSPS) is 19.0. The lowest BCUT2D eigenvalue weighted by atomic mass is 10.0. The van der Waals surface area contributed by atoms with Gasteiger partial charge in [-0.2, -0.15) is 13.2 Å². The Morgan fingerprint density at radius 2 is 1.89 bits per heavy atom. The molecule has 3 aromatic rings. The van der Waals surface area contributed by atoms with Crippen molar-refractivity contribution in [1.82, 2.24) is 14.9 Å². The van der Waals surface area contributed by atoms with E-state index in [1.807, 2.05) is 6.07 Å². The highest BCUT2D eigenvalue weighted by molar-refractivity contribution is 6.02. The van der Waals surface area contributed by atoms with Crippen molar-refractivity contribution in [3.63, 3.8) is 0 Å². The lowest BCUT2D eigenvalue weighted by molar-refractivity contribution is -0.137. The van der Waals surface area contributed by atoms with Crippen LogP contribution in [0.5, 0.6) is 5.75 Å². The number of methoxy groups -OCH3 is 1. The number of nitrogens with one attached hydrogen (secondary N) is 2. The van der Waals surface area contributed by atoms with Crippen LogP contribution in [0.4, 0.5) is 41.9 Å². The Kier molecular flexibility index (Phi) is 8.81. The SMILES string of the molecule is C=CC(=O)Nc1cc(Nc2cc(N3OCCC3c3cccc(C(F)(F)F)c3)ncn2)c(OC)cc1N1CCN(CC2CC2)CC1. The van der Waals surface area contributed by atoms with Gasteiger partial charge in [0.2, 0.25) is 5.91 Å². The van der Waals surface area contributed by atoms with Crippen molar-refractivity contribution < 1.29 is 27.5 Å². The van der Waals surface area contributed by atoms with E-state index in [4.69, 9.17) is 9.57 Å². The van der Waals surface area contributed by atoms with Gasteiger partial charge in [-0.1, -0.05) is 18.7 Å². The van der Waals surface area contributed by atoms with Crippen molar-refractivity contribution in [1.29, 1.82) is 0 Å². The lowest BCUT2D eigenvalue weighted by Crippen LogP contribution is -2.47. The van der Waals surface area contributed by atoms with Gasteiger partial charge in [0.25, 0.3) is 0 Å². The number of hydroxylamine groups is 1. The van der Waals surface area contributed by atoms with Crippen molar-refractivity contribution in [2.75, 3.05) is 67.0 Å². The van der Waals surface area contributed by atoms with E-state index in [0.717, 1.165) is 56.5 Å². The summed E-state index contributed by atoms with van der Waals surface area (Å²) in [4.78, 5) is 31.7. The predicted molar refractivity (Wildman–Crippen MR) is 166 cm³/mol. The number of aromatic nitrogens is 2. The van der Waals surface area contributed by atoms with Gasteiger partial charge in [-0.3, -0.25) is 14.5 Å². The fraction of sp³-hybridized carbons (Fsp3) is 0.406. The van der Waals surface area contributed by atoms with Crippen LogP contribution in [0.15, 0.2) is 61.4 Å². The summed E-state index contributed by atoms with van der Waals surface area (Å²) in [6, 6.07) is 10.1. The van der Waals surface area contributed by atoms with Crippen LogP contribution in [0.1, 0.15) is 36.4 Å². The smallest absolute Gasteiger partial charge is 0.416 e. The Labute approximate surface area is 259 Å². The van der Waals surface area contributed by atoms with E-state index >= 15 is 0 Å². The molecule has 2 saturated heterocycles. The zero-order chi connectivity index (χ0) is 31.6. The molecule has 3 aliphatic rings. The van der Waals surface area contributed by atoms with Crippen LogP contribution in [0, 0.1) is 5.92 Å². The Hall–Kier alpha value is -4.36. The molecule has 2 aliphatic heterocycles. The van der Waals surface area contributed by atoms with Crippen LogP contribution in [-0.2, 0) is 15.8 Å². The van der Waals surface area contributed by atoms with Gasteiger partial charge in [0, 0.05) is 51.3 Å². The summed E-state index contributed by atoms with van der Waals surface area (Å²) in [5.74, 6) is 1.82. The van der Waals surface area contributed by atoms with Gasteiger partial charge in [0.1, 0.15) is 17.9 Å². The number of carbonyl (C=O) groups excluding carboxylic acids is 1. The summed E-state index contributed by atoms with van der Waals surface area (Å²) < 4.78 is 45.9. The van der Waals surface area contributed by atoms with Gasteiger partial charge in [-0.25, -0.2) is 15.0 Å². The maximum Gasteiger partial charge on any atom is 0.416 e. The van der Waals surface area contributed by atoms with Crippen molar-refractivity contribution in [2.24, 2.45) is 5.92 Å². The Morgan fingerprint density at radius 1 is 1.09 bits per heavy atom. The Morgan fingerprint density at radius 3 is 2.60 bits per heavy atom. The molecule has 1 aliphatic carbocycles. The molecule has 238 valence electrons. The largest absolute Gasteiger partial charge is 0.494 e. The summed E-state index contributed by atoms with van der Waals surface area (Å²) in [5.41, 5.74) is 1.75. The van der Waals surface area contributed by atoms with Gasteiger partial charge < -0.3 is 20.3 Å². The quantitative estimate of drug-likeness (QED) is 0.272. The standard InChI is InChI=1S/C32H36F3N7O3/c1-3-31(43)39-24-16-25(28(44-2)17-27(24)41-12-10-40(11-13-41)19-21-7-8-21)38-29-18-30(37-20-36-29)42-26(9-14-45-42)22-5-4-6-23(15-22)32(33,34)35/h3-6,15-18,20-21,26H,1,7-14,19H2,2H3,(H,39,43)(H,36,37,38). The van der Waals surface area contributed by atoms with Crippen molar-refractivity contribution in [3.05, 3.63) is 72.6 Å². The third-order valence-corrected chi connectivity index (χ3v) is 8.33. The topological polar surface area (TPSA) is 95.1 Å². The monoisotopic (exact) mass is 623 g/mol. The summed E-state index contributed by atoms with van der Waals surface area (Å²) in [6.45, 7) is 8.58. The molecule has 2 aromatic carbocycles. The second kappa shape index (κ2) is 12.9. The number of anilines is 5. The minimum Gasteiger partial charge on any atom is -0.494 e. The summed E-state index contributed by atoms with van der Waals surface area (Å²) in [6.07, 6.45) is 1.25. The van der Waals surface area contributed by atoms with E-state index in [2.05, 4.69) is 37.0 Å². The van der Waals surface area contributed by atoms with Gasteiger partial charge >= 0.3 is 6.18 Å². The molecule has 6 rings (SSSR count). The van der Waals surface area contributed by atoms with Gasteiger partial charge in [0.15, 0.2) is 5.82 Å². The molecule has 3 fully saturated rings. The maximum atomic E-state index is 13.4. The maximum absolute atomic E-state index is 13.4. The second-order valence-corrected chi connectivity index (χ2v) is 11.5. The molecule has 0 spiro atoms. The number of rotatable bonds is 10. The Balaban J connectivity index is 1.24. The minimum absolute atomic E-state index is 0.324. The first kappa shape index (κ1) is 30.7. The molecular weight excluding hydrogens is 587 g/mol. The number of piperazine rings is 1. The number of hydrogen-bond acceptors (Lipinski definition) is 9. The third-order valence-electron chi connectivity index (χ3n) is 8.33. The summed E-state index contributed by atoms with van der Waals surface area (Å²) in [7, 11) is 1.57. The molecule has 3 heterocycles. The molecular formula is C32H36F3N7O3. The van der Waals surface area contributed by atoms with E-state index in [0.29, 0.717) is 47.4 Å². The number of ether oxygens (including phenoxy) is 1. The molecule has 0 radical (unpaired) electrons. The van der Waals surface area contributed by atoms with E-state index in [-0.39, 0.29) is 5.91 Å². The molecule has 13 heteroatoms. The zero-order valence-corrected chi connectivity index (χ0v) is 25.0. The Bertz CT molecular complexity index is 1540. The van der Waals surface area contributed by atoms with Crippen LogP contribution in [0.3, 0.4) is 0 Å². The van der Waals surface area contributed by atoms with Crippen LogP contribution in [-0.4, -0.2) is 67.2 Å². The fourth-order valence-electron chi connectivity index (χ4n) is 5.81. The van der Waals surface area contributed by atoms with E-state index in [9.17, 15) is 18.0 Å². The molecule has 1 unspecified atom stereocenters. The molecule has 1 aromatic heterocycles. The highest BCUT2D eigenvalue weighted by Crippen LogP contribution is 2.41. The average molecular weight is 624 g/mol. The van der Waals surface area contributed by atoms with Crippen LogP contribution < -0.4 is 25.3 Å². The van der Waals surface area contributed by atoms with Gasteiger partial charge in [-0.15, -0.1) is 0 Å². The van der Waals surface area contributed by atoms with Gasteiger partial charge in [-0.05, 0) is 48.6 Å². The third kappa shape index (κ3) is 7.15. The number of carbonyl (C=O) groups is 1. The molecule has 1 atom stereocenters. The van der Waals surface area contributed by atoms with E-state index in [1.165, 1.54) is 36.4 Å². The molecule has 10 nitrogen and oxygen atoms in total. The second-order valence-electron chi connectivity index (χ2n) is 11.5. The molecule has 2 N–H and O–H groups in total. The van der Waals surface area contributed by atoms with Crippen LogP contribution in [0.25, 0.3) is 0 Å². The van der Waals surface area contributed by atoms with Crippen LogP contribution in [0.2, 0.25) is 0 Å². The van der Waals surface area contributed by atoms with E-state index in [1.54, 1.807) is 25.3 Å². The first-order valence-corrected chi connectivity index (χ1v) is 15.0. The van der Waals surface area contributed by atoms with Crippen LogP contribution >= 0.6 is 0 Å². The highest BCUT2D eigenvalue weighted by Gasteiger charge is 2.34. The number of nitrogens with zero attached hydrogens (tertiary/aromatic N) is 5. The van der Waals surface area contributed by atoms with E-state index < -0.39 is 17.8 Å². The highest BCUT2D eigenvalue weighted by atomic mass is 19.4. The number of hydrogen-bond donors (Lipinski definition) is 2. The first-order chi connectivity index (χ1) is 21.7. The molecule has 45 heavy (non-hydrogen) atoms. The lowest BCUT2D eigenvalue weighted by Gasteiger charge is -2.37. The first-order valence-electron chi connectivity index (χ1n) is 15.0. The average Bonchev–Trinajstić information content (AvgIpc) is 3.72. The fourth-order valence-corrected chi connectivity index (χ4v) is 5.81. The number of amides is 1.